The molecule has 1 aliphatic rings. The average molecular weight is 295 g/mol. The quantitative estimate of drug-likeness (QED) is 0.784. The van der Waals surface area contributed by atoms with Crippen LogP contribution in [-0.4, -0.2) is 19.7 Å². The van der Waals surface area contributed by atoms with Crippen LogP contribution in [0.2, 0.25) is 0 Å². The molecule has 1 saturated carbocycles. The van der Waals surface area contributed by atoms with Crippen LogP contribution in [0.3, 0.4) is 0 Å². The Morgan fingerprint density at radius 1 is 1.23 bits per heavy atom. The van der Waals surface area contributed by atoms with Crippen molar-refractivity contribution in [3.05, 3.63) is 60.0 Å². The number of nitrogens with zero attached hydrogens (tertiary/aromatic N) is 4. The highest BCUT2D eigenvalue weighted by Crippen LogP contribution is 2.39. The van der Waals surface area contributed by atoms with E-state index in [1.165, 1.54) is 0 Å². The smallest absolute Gasteiger partial charge is 0.316 e. The van der Waals surface area contributed by atoms with Gasteiger partial charge in [0, 0.05) is 25.4 Å². The summed E-state index contributed by atoms with van der Waals surface area (Å²) in [5, 5.41) is 11.6. The summed E-state index contributed by atoms with van der Waals surface area (Å²) in [7, 11) is 1.98. The zero-order valence-electron chi connectivity index (χ0n) is 12.3. The van der Waals surface area contributed by atoms with Gasteiger partial charge in [-0.1, -0.05) is 35.4 Å². The van der Waals surface area contributed by atoms with Crippen molar-refractivity contribution >= 4 is 6.01 Å². The van der Waals surface area contributed by atoms with Crippen molar-refractivity contribution in [2.75, 3.05) is 5.32 Å². The zero-order chi connectivity index (χ0) is 14.9. The highest BCUT2D eigenvalue weighted by molar-refractivity contribution is 5.35. The van der Waals surface area contributed by atoms with E-state index in [9.17, 15) is 0 Å². The number of anilines is 1. The third-order valence-corrected chi connectivity index (χ3v) is 3.88. The van der Waals surface area contributed by atoms with Crippen molar-refractivity contribution in [2.45, 2.75) is 24.8 Å². The Balaban J connectivity index is 1.66. The van der Waals surface area contributed by atoms with Crippen LogP contribution in [0.4, 0.5) is 6.01 Å². The van der Waals surface area contributed by atoms with E-state index in [-0.39, 0.29) is 6.04 Å². The van der Waals surface area contributed by atoms with Crippen LogP contribution in [0.5, 0.6) is 0 Å². The highest BCUT2D eigenvalue weighted by Gasteiger charge is 2.30. The van der Waals surface area contributed by atoms with Crippen LogP contribution in [-0.2, 0) is 7.05 Å². The number of aryl methyl sites for hydroxylation is 1. The summed E-state index contributed by atoms with van der Waals surface area (Å²) in [6.07, 6.45) is 6.00. The molecule has 0 amide bonds. The van der Waals surface area contributed by atoms with E-state index in [1.54, 1.807) is 6.20 Å². The molecule has 112 valence electrons. The topological polar surface area (TPSA) is 68.8 Å². The van der Waals surface area contributed by atoms with Crippen molar-refractivity contribution in [1.29, 1.82) is 0 Å². The summed E-state index contributed by atoms with van der Waals surface area (Å²) >= 11 is 0. The van der Waals surface area contributed by atoms with Gasteiger partial charge in [0.15, 0.2) is 0 Å². The molecule has 4 rings (SSSR count). The molecule has 0 saturated heterocycles. The van der Waals surface area contributed by atoms with Crippen molar-refractivity contribution in [3.63, 3.8) is 0 Å². The second kappa shape index (κ2) is 5.29. The van der Waals surface area contributed by atoms with Crippen LogP contribution >= 0.6 is 0 Å². The molecular formula is C16H17N5O. The fourth-order valence-corrected chi connectivity index (χ4v) is 2.51. The largest absolute Gasteiger partial charge is 0.408 e. The Labute approximate surface area is 128 Å². The van der Waals surface area contributed by atoms with Gasteiger partial charge in [-0.2, -0.15) is 0 Å². The Bertz CT molecular complexity index is 760. The monoisotopic (exact) mass is 295 g/mol. The Kier molecular flexibility index (Phi) is 3.14. The van der Waals surface area contributed by atoms with Gasteiger partial charge < -0.3 is 14.3 Å². The number of imidazole rings is 1. The first kappa shape index (κ1) is 13.1. The van der Waals surface area contributed by atoms with Crippen LogP contribution in [0.15, 0.2) is 47.1 Å². The molecule has 1 aromatic carbocycles. The molecule has 0 aliphatic heterocycles. The molecule has 1 atom stereocenters. The summed E-state index contributed by atoms with van der Waals surface area (Å²) in [4.78, 5) is 4.45. The van der Waals surface area contributed by atoms with Gasteiger partial charge in [-0.25, -0.2) is 4.98 Å². The summed E-state index contributed by atoms with van der Waals surface area (Å²) in [6.45, 7) is 0. The molecule has 2 heterocycles. The zero-order valence-corrected chi connectivity index (χ0v) is 12.3. The molecule has 0 radical (unpaired) electrons. The minimum absolute atomic E-state index is 0.131. The van der Waals surface area contributed by atoms with Gasteiger partial charge >= 0.3 is 6.01 Å². The molecule has 0 bridgehead atoms. The van der Waals surface area contributed by atoms with E-state index < -0.39 is 0 Å². The maximum Gasteiger partial charge on any atom is 0.316 e. The molecule has 0 spiro atoms. The molecular weight excluding hydrogens is 278 g/mol. The van der Waals surface area contributed by atoms with E-state index in [0.717, 1.165) is 30.1 Å². The summed E-state index contributed by atoms with van der Waals surface area (Å²) in [5.74, 6) is 2.08. The van der Waals surface area contributed by atoms with Gasteiger partial charge in [0.25, 0.3) is 0 Å². The maximum atomic E-state index is 5.73. The first-order valence-electron chi connectivity index (χ1n) is 7.43. The van der Waals surface area contributed by atoms with E-state index in [0.29, 0.717) is 11.9 Å². The second-order valence-corrected chi connectivity index (χ2v) is 5.60. The minimum Gasteiger partial charge on any atom is -0.408 e. The lowest BCUT2D eigenvalue weighted by atomic mass is 10.1. The summed E-state index contributed by atoms with van der Waals surface area (Å²) < 4.78 is 7.72. The van der Waals surface area contributed by atoms with Crippen molar-refractivity contribution in [2.24, 2.45) is 7.05 Å². The number of aromatic nitrogens is 4. The Hall–Kier alpha value is -2.63. The predicted octanol–water partition coefficient (Wildman–Crippen LogP) is 2.88. The minimum atomic E-state index is -0.131. The van der Waals surface area contributed by atoms with Crippen LogP contribution in [0.25, 0.3) is 0 Å². The number of hydrogen-bond acceptors (Lipinski definition) is 5. The fourth-order valence-electron chi connectivity index (χ4n) is 2.51. The van der Waals surface area contributed by atoms with Gasteiger partial charge in [0.05, 0.1) is 0 Å². The SMILES string of the molecule is Cn1ccnc1[C@H](Nc1nnc(C2CC2)o1)c1ccccc1. The molecule has 3 aromatic rings. The van der Waals surface area contributed by atoms with Gasteiger partial charge in [-0.3, -0.25) is 0 Å². The number of nitrogens with one attached hydrogen (secondary N) is 1. The van der Waals surface area contributed by atoms with Crippen LogP contribution < -0.4 is 5.32 Å². The average Bonchev–Trinajstić information content (AvgIpc) is 3.15. The van der Waals surface area contributed by atoms with E-state index in [2.05, 4.69) is 32.6 Å². The standard InChI is InChI=1S/C16H17N5O/c1-21-10-9-17-14(21)13(11-5-3-2-4-6-11)18-16-20-19-15(22-16)12-7-8-12/h2-6,9-10,12-13H,7-8H2,1H3,(H,18,20)/t13-/m1/s1. The predicted molar refractivity (Wildman–Crippen MR) is 81.4 cm³/mol. The van der Waals surface area contributed by atoms with Crippen molar-refractivity contribution in [3.8, 4) is 0 Å². The molecule has 1 aliphatic carbocycles. The number of hydrogen-bond donors (Lipinski definition) is 1. The lowest BCUT2D eigenvalue weighted by Crippen LogP contribution is -2.16. The molecule has 0 unspecified atom stereocenters. The summed E-state index contributed by atoms with van der Waals surface area (Å²) in [6, 6.07) is 10.5. The Morgan fingerprint density at radius 2 is 2.05 bits per heavy atom. The van der Waals surface area contributed by atoms with Crippen molar-refractivity contribution in [1.82, 2.24) is 19.7 Å². The summed E-state index contributed by atoms with van der Waals surface area (Å²) in [5.41, 5.74) is 1.10. The Morgan fingerprint density at radius 3 is 2.73 bits per heavy atom. The number of benzene rings is 1. The van der Waals surface area contributed by atoms with E-state index in [4.69, 9.17) is 4.42 Å². The lowest BCUT2D eigenvalue weighted by molar-refractivity contribution is 0.502. The fraction of sp³-hybridized carbons (Fsp3) is 0.312. The molecule has 6 heteroatoms. The molecule has 6 nitrogen and oxygen atoms in total. The molecule has 1 fully saturated rings. The lowest BCUT2D eigenvalue weighted by Gasteiger charge is -2.17. The van der Waals surface area contributed by atoms with Crippen LogP contribution in [0, 0.1) is 0 Å². The third kappa shape index (κ3) is 2.47. The van der Waals surface area contributed by atoms with Crippen LogP contribution in [0.1, 0.15) is 42.1 Å². The second-order valence-electron chi connectivity index (χ2n) is 5.60. The van der Waals surface area contributed by atoms with Crippen molar-refractivity contribution < 1.29 is 4.42 Å². The third-order valence-electron chi connectivity index (χ3n) is 3.88. The van der Waals surface area contributed by atoms with E-state index in [1.807, 2.05) is 36.0 Å². The normalized spacial score (nSPS) is 15.7. The van der Waals surface area contributed by atoms with Gasteiger partial charge in [0.1, 0.15) is 11.9 Å². The van der Waals surface area contributed by atoms with Gasteiger partial charge in [-0.15, -0.1) is 5.10 Å². The first-order valence-corrected chi connectivity index (χ1v) is 7.43. The first-order chi connectivity index (χ1) is 10.8. The highest BCUT2D eigenvalue weighted by atomic mass is 16.4. The maximum absolute atomic E-state index is 5.73. The van der Waals surface area contributed by atoms with Gasteiger partial charge in [0.2, 0.25) is 5.89 Å². The molecule has 22 heavy (non-hydrogen) atoms. The number of rotatable bonds is 5. The van der Waals surface area contributed by atoms with Gasteiger partial charge in [-0.05, 0) is 18.4 Å². The molecule has 1 N–H and O–H groups in total. The van der Waals surface area contributed by atoms with E-state index >= 15 is 0 Å². The molecule has 2 aromatic heterocycles.